The maximum Gasteiger partial charge on any atom is 0.412 e. The molecule has 1 heterocycles. The van der Waals surface area contributed by atoms with E-state index in [4.69, 9.17) is 9.47 Å². The van der Waals surface area contributed by atoms with Crippen LogP contribution in [0.2, 0.25) is 0 Å². The van der Waals surface area contributed by atoms with E-state index in [1.165, 1.54) is 6.92 Å². The predicted octanol–water partition coefficient (Wildman–Crippen LogP) is 2.19. The van der Waals surface area contributed by atoms with Crippen molar-refractivity contribution in [2.75, 3.05) is 0 Å². The number of ether oxygens (including phenoxy) is 2. The molecule has 2 aliphatic rings. The fourth-order valence-corrected chi connectivity index (χ4v) is 2.96. The highest BCUT2D eigenvalue weighted by molar-refractivity contribution is 9.09. The van der Waals surface area contributed by atoms with E-state index in [0.717, 1.165) is 5.57 Å². The number of carbonyl (C=O) groups excluding carboxylic acids is 2. The van der Waals surface area contributed by atoms with Crippen molar-refractivity contribution in [3.05, 3.63) is 35.6 Å². The molecule has 3 atom stereocenters. The minimum atomic E-state index is -0.482. The van der Waals surface area contributed by atoms with E-state index in [2.05, 4.69) is 21.2 Å². The Labute approximate surface area is 119 Å². The minimum Gasteiger partial charge on any atom is -0.457 e. The molecule has 0 fully saturated rings. The molecular formula is C13H14BrNO4. The van der Waals surface area contributed by atoms with E-state index in [0.29, 0.717) is 5.70 Å². The summed E-state index contributed by atoms with van der Waals surface area (Å²) in [4.78, 5) is 22.2. The van der Waals surface area contributed by atoms with Crippen LogP contribution in [0.3, 0.4) is 0 Å². The second kappa shape index (κ2) is 5.61. The van der Waals surface area contributed by atoms with Crippen molar-refractivity contribution in [2.45, 2.75) is 30.9 Å². The van der Waals surface area contributed by atoms with Crippen molar-refractivity contribution < 1.29 is 19.1 Å². The molecule has 0 saturated heterocycles. The molecule has 102 valence electrons. The summed E-state index contributed by atoms with van der Waals surface area (Å²) in [6, 6.07) is 0. The molecular weight excluding hydrogens is 314 g/mol. The highest BCUT2D eigenvalue weighted by atomic mass is 79.9. The van der Waals surface area contributed by atoms with Gasteiger partial charge in [0.15, 0.2) is 0 Å². The lowest BCUT2D eigenvalue weighted by atomic mass is 9.97. The zero-order valence-electron chi connectivity index (χ0n) is 10.6. The van der Waals surface area contributed by atoms with Gasteiger partial charge in [0.1, 0.15) is 12.2 Å². The Morgan fingerprint density at radius 1 is 1.47 bits per heavy atom. The van der Waals surface area contributed by atoms with Gasteiger partial charge in [-0.25, -0.2) is 4.79 Å². The minimum absolute atomic E-state index is 0.261. The van der Waals surface area contributed by atoms with Crippen LogP contribution < -0.4 is 5.32 Å². The van der Waals surface area contributed by atoms with Gasteiger partial charge >= 0.3 is 12.1 Å². The molecule has 0 spiro atoms. The monoisotopic (exact) mass is 327 g/mol. The van der Waals surface area contributed by atoms with Gasteiger partial charge in [-0.15, -0.1) is 0 Å². The summed E-state index contributed by atoms with van der Waals surface area (Å²) in [5.74, 6) is -0.362. The summed E-state index contributed by atoms with van der Waals surface area (Å²) in [5.41, 5.74) is 1.51. The molecule has 0 saturated carbocycles. The van der Waals surface area contributed by atoms with Gasteiger partial charge in [0.2, 0.25) is 0 Å². The lowest BCUT2D eigenvalue weighted by molar-refractivity contribution is -0.143. The van der Waals surface area contributed by atoms with Crippen LogP contribution in [0.25, 0.3) is 0 Å². The Kier molecular flexibility index (Phi) is 4.09. The zero-order chi connectivity index (χ0) is 14.0. The largest absolute Gasteiger partial charge is 0.457 e. The molecule has 1 N–H and O–H groups in total. The second-order valence-electron chi connectivity index (χ2n) is 4.26. The highest BCUT2D eigenvalue weighted by Crippen LogP contribution is 2.30. The third-order valence-corrected chi connectivity index (χ3v) is 3.85. The molecule has 0 unspecified atom stereocenters. The molecule has 0 radical (unpaired) electrons. The van der Waals surface area contributed by atoms with Crippen LogP contribution in [-0.2, 0) is 14.3 Å². The van der Waals surface area contributed by atoms with E-state index in [1.807, 2.05) is 0 Å². The Hall–Kier alpha value is -1.56. The molecule has 1 amide bonds. The van der Waals surface area contributed by atoms with Gasteiger partial charge in [0.05, 0.1) is 4.83 Å². The zero-order valence-corrected chi connectivity index (χ0v) is 12.1. The van der Waals surface area contributed by atoms with E-state index in [-0.39, 0.29) is 16.9 Å². The number of allylic oxidation sites excluding steroid dienone is 3. The molecule has 19 heavy (non-hydrogen) atoms. The third kappa shape index (κ3) is 3.07. The lowest BCUT2D eigenvalue weighted by Crippen LogP contribution is -2.41. The number of rotatable bonds is 1. The number of alkyl carbamates (subject to hydrolysis) is 1. The number of hydrogen-bond acceptors (Lipinski definition) is 4. The predicted molar refractivity (Wildman–Crippen MR) is 72.7 cm³/mol. The third-order valence-electron chi connectivity index (χ3n) is 2.83. The Balaban J connectivity index is 2.38. The first-order chi connectivity index (χ1) is 8.99. The molecule has 6 heteroatoms. The van der Waals surface area contributed by atoms with Crippen LogP contribution in [-0.4, -0.2) is 29.1 Å². The van der Waals surface area contributed by atoms with Crippen LogP contribution >= 0.6 is 15.9 Å². The van der Waals surface area contributed by atoms with Gasteiger partial charge in [-0.2, -0.15) is 0 Å². The van der Waals surface area contributed by atoms with E-state index >= 15 is 0 Å². The smallest absolute Gasteiger partial charge is 0.412 e. The second-order valence-corrected chi connectivity index (χ2v) is 5.25. The van der Waals surface area contributed by atoms with E-state index < -0.39 is 12.2 Å². The van der Waals surface area contributed by atoms with Gasteiger partial charge in [0.25, 0.3) is 0 Å². The Bertz CT molecular complexity index is 495. The van der Waals surface area contributed by atoms with Gasteiger partial charge in [0, 0.05) is 18.2 Å². The first kappa shape index (κ1) is 13.9. The van der Waals surface area contributed by atoms with E-state index in [9.17, 15) is 9.59 Å². The molecule has 5 nitrogen and oxygen atoms in total. The fourth-order valence-electron chi connectivity index (χ4n) is 2.06. The maximum absolute atomic E-state index is 11.4. The number of carbonyl (C=O) groups is 2. The van der Waals surface area contributed by atoms with Gasteiger partial charge in [-0.3, -0.25) is 10.1 Å². The molecule has 0 aromatic carbocycles. The number of alkyl halides is 1. The van der Waals surface area contributed by atoms with Crippen molar-refractivity contribution in [2.24, 2.45) is 0 Å². The Morgan fingerprint density at radius 3 is 2.89 bits per heavy atom. The van der Waals surface area contributed by atoms with Crippen molar-refractivity contribution >= 4 is 28.0 Å². The van der Waals surface area contributed by atoms with Gasteiger partial charge in [-0.05, 0) is 19.1 Å². The molecule has 0 aromatic rings. The first-order valence-corrected chi connectivity index (χ1v) is 6.78. The highest BCUT2D eigenvalue weighted by Gasteiger charge is 2.34. The van der Waals surface area contributed by atoms with Crippen LogP contribution in [0, 0.1) is 0 Å². The van der Waals surface area contributed by atoms with Crippen LogP contribution in [0.15, 0.2) is 35.6 Å². The molecule has 0 bridgehead atoms. The molecule has 1 aliphatic carbocycles. The molecule has 1 aliphatic heterocycles. The summed E-state index contributed by atoms with van der Waals surface area (Å²) in [6.07, 6.45) is 5.81. The van der Waals surface area contributed by atoms with Gasteiger partial charge in [-0.1, -0.05) is 28.1 Å². The number of halogens is 1. The Morgan fingerprint density at radius 2 is 2.21 bits per heavy atom. The lowest BCUT2D eigenvalue weighted by Gasteiger charge is -2.31. The summed E-state index contributed by atoms with van der Waals surface area (Å²) >= 11 is 3.52. The fraction of sp³-hybridized carbons (Fsp3) is 0.385. The number of hydrogen-bond donors (Lipinski definition) is 1. The van der Waals surface area contributed by atoms with Crippen molar-refractivity contribution in [1.82, 2.24) is 5.32 Å². The van der Waals surface area contributed by atoms with Crippen LogP contribution in [0.5, 0.6) is 0 Å². The van der Waals surface area contributed by atoms with Crippen LogP contribution in [0.1, 0.15) is 13.8 Å². The summed E-state index contributed by atoms with van der Waals surface area (Å²) in [5, 5.41) is 2.65. The van der Waals surface area contributed by atoms with Crippen molar-refractivity contribution in [3.8, 4) is 0 Å². The summed E-state index contributed by atoms with van der Waals surface area (Å²) in [7, 11) is 0. The average molecular weight is 328 g/mol. The number of amides is 1. The quantitative estimate of drug-likeness (QED) is 0.592. The van der Waals surface area contributed by atoms with Crippen molar-refractivity contribution in [3.63, 3.8) is 0 Å². The summed E-state index contributed by atoms with van der Waals surface area (Å²) in [6.45, 7) is 3.15. The SMILES string of the molecule is CC(=O)O[C@H]1/C=C\C=C/C2=C([C@H]1Br)[C@@H](C)OC(=O)N2. The van der Waals surface area contributed by atoms with Crippen molar-refractivity contribution in [1.29, 1.82) is 0 Å². The standard InChI is InChI=1S/C13H14BrNO4/c1-7-11-9(15-13(17)18-7)5-3-4-6-10(12(11)14)19-8(2)16/h3-7,10,12H,1-2H3,(H,15,17)/b5-3-,6-4-/t7-,10+,12+/m1/s1. The van der Waals surface area contributed by atoms with Gasteiger partial charge < -0.3 is 9.47 Å². The van der Waals surface area contributed by atoms with Crippen LogP contribution in [0.4, 0.5) is 4.79 Å². The average Bonchev–Trinajstić information content (AvgIpc) is 2.29. The molecule has 0 aromatic heterocycles. The normalized spacial score (nSPS) is 33.2. The number of cyclic esters (lactones) is 1. The maximum atomic E-state index is 11.4. The summed E-state index contributed by atoms with van der Waals surface area (Å²) < 4.78 is 10.4. The molecule has 2 rings (SSSR count). The topological polar surface area (TPSA) is 64.6 Å². The van der Waals surface area contributed by atoms with E-state index in [1.54, 1.807) is 31.2 Å². The number of esters is 1. The first-order valence-electron chi connectivity index (χ1n) is 5.87. The number of nitrogens with one attached hydrogen (secondary N) is 1.